The third-order valence-electron chi connectivity index (χ3n) is 14.2. The van der Waals surface area contributed by atoms with Gasteiger partial charge in [0.05, 0.1) is 24.3 Å². The summed E-state index contributed by atoms with van der Waals surface area (Å²) in [5.74, 6) is -3.21. The highest BCUT2D eigenvalue weighted by Crippen LogP contribution is 2.40. The number of carbonyl (C=O) groups is 3. The normalized spacial score (nSPS) is 19.9. The smallest absolute Gasteiger partial charge is 0.217 e. The number of aliphatic hydroxyl groups excluding tert-OH is 2. The molecule has 0 unspecified atom stereocenters. The van der Waals surface area contributed by atoms with Gasteiger partial charge in [0.1, 0.15) is 29.1 Å². The van der Waals surface area contributed by atoms with Gasteiger partial charge < -0.3 is 36.8 Å². The van der Waals surface area contributed by atoms with Crippen molar-refractivity contribution in [3.63, 3.8) is 0 Å². The van der Waals surface area contributed by atoms with Gasteiger partial charge in [0, 0.05) is 69.0 Å². The van der Waals surface area contributed by atoms with E-state index in [1.165, 1.54) is 54.8 Å². The Labute approximate surface area is 418 Å². The van der Waals surface area contributed by atoms with E-state index in [4.69, 9.17) is 0 Å². The van der Waals surface area contributed by atoms with Crippen molar-refractivity contribution in [3.05, 3.63) is 142 Å². The number of nitrogens with one attached hydrogen (secondary N) is 5. The zero-order valence-corrected chi connectivity index (χ0v) is 43.1. The number of hydrogen-bond acceptors (Lipinski definition) is 8. The molecule has 7 N–H and O–H groups in total. The predicted octanol–water partition coefficient (Wildman–Crippen LogP) is 8.62. The molecule has 0 spiro atoms. The van der Waals surface area contributed by atoms with Crippen LogP contribution in [0.3, 0.4) is 0 Å². The van der Waals surface area contributed by atoms with Crippen LogP contribution in [0.1, 0.15) is 140 Å². The first kappa shape index (κ1) is 56.9. The fraction of sp³-hybridized carbons (Fsp3) is 0.526. The standard InChI is InChI=1S/C29H41F2N3O2.C28H36F2N2O3/c1-19(35)34-26(15-20-13-23(30)17-24(31)14-20)27(36)18-33-29(11-9-25(32-5)10-12-29)22-8-6-7-21(16-22)28(2,3)4;1-18(33)32-25(14-19-12-22(29)16-23(30)13-19)26(35)17-31-28(10-8-24(34)9-11-28)21-7-5-6-20(15-21)27(2,3)4/h6-8,13-14,16-17,25-27,32-33,36H,9-12,15,18H2,1-5H3,(H,34,35);5-7,12-13,15-16,25-26,31,35H,8-11,14,17H2,1-4H3,(H,32,33)/t25?,26-,27+,29?;25-,26+/m00/s1. The Kier molecular flexibility index (Phi) is 19.7. The molecule has 0 radical (unpaired) electrons. The second-order valence-corrected chi connectivity index (χ2v) is 21.9. The van der Waals surface area contributed by atoms with Gasteiger partial charge in [-0.15, -0.1) is 0 Å². The molecule has 2 saturated carbocycles. The maximum Gasteiger partial charge on any atom is 0.217 e. The Bertz CT molecular complexity index is 2380. The molecule has 2 aliphatic carbocycles. The first-order valence-electron chi connectivity index (χ1n) is 25.0. The monoisotopic (exact) mass is 988 g/mol. The molecule has 10 nitrogen and oxygen atoms in total. The van der Waals surface area contributed by atoms with Crippen molar-refractivity contribution in [2.24, 2.45) is 0 Å². The van der Waals surface area contributed by atoms with E-state index >= 15 is 0 Å². The van der Waals surface area contributed by atoms with Crippen molar-refractivity contribution in [2.75, 3.05) is 20.1 Å². The largest absolute Gasteiger partial charge is 0.390 e. The SMILES string of the molecule is CC(=O)N[C@@H](Cc1cc(F)cc(F)c1)[C@H](O)CNC1(c2cccc(C(C)(C)C)c2)CCC(=O)CC1.CNC1CCC(NC[C@@H](O)[C@H](Cc2cc(F)cc(F)c2)NC(C)=O)(c2cccc(C(C)(C)C)c2)CC1. The third-order valence-corrected chi connectivity index (χ3v) is 14.2. The summed E-state index contributed by atoms with van der Waals surface area (Å²) in [6.45, 7) is 16.1. The highest BCUT2D eigenvalue weighted by atomic mass is 19.1. The highest BCUT2D eigenvalue weighted by Gasteiger charge is 2.39. The van der Waals surface area contributed by atoms with Crippen LogP contribution in [0, 0.1) is 23.3 Å². The average molecular weight is 988 g/mol. The molecule has 4 aromatic rings. The Morgan fingerprint density at radius 2 is 0.972 bits per heavy atom. The molecular formula is C57H77F4N5O5. The summed E-state index contributed by atoms with van der Waals surface area (Å²) < 4.78 is 54.9. The predicted molar refractivity (Wildman–Crippen MR) is 272 cm³/mol. The van der Waals surface area contributed by atoms with Gasteiger partial charge in [-0.3, -0.25) is 14.4 Å². The maximum absolute atomic E-state index is 13.7. The summed E-state index contributed by atoms with van der Waals surface area (Å²) in [6.07, 6.45) is 4.11. The van der Waals surface area contributed by atoms with Gasteiger partial charge in [0.25, 0.3) is 0 Å². The second kappa shape index (κ2) is 24.6. The average Bonchev–Trinajstić information content (AvgIpc) is 3.29. The van der Waals surface area contributed by atoms with Gasteiger partial charge in [-0.25, -0.2) is 17.6 Å². The van der Waals surface area contributed by atoms with Crippen LogP contribution < -0.4 is 26.6 Å². The Balaban J connectivity index is 0.000000264. The van der Waals surface area contributed by atoms with Gasteiger partial charge in [-0.05, 0) is 127 Å². The minimum absolute atomic E-state index is 0.00955. The minimum atomic E-state index is -1.02. The number of halogens is 4. The molecule has 4 atom stereocenters. The summed E-state index contributed by atoms with van der Waals surface area (Å²) >= 11 is 0. The van der Waals surface area contributed by atoms with Crippen molar-refractivity contribution in [3.8, 4) is 0 Å². The van der Waals surface area contributed by atoms with E-state index < -0.39 is 53.1 Å². The van der Waals surface area contributed by atoms with E-state index in [1.54, 1.807) is 0 Å². The van der Waals surface area contributed by atoms with E-state index in [0.717, 1.165) is 43.4 Å². The number of hydrogen-bond donors (Lipinski definition) is 7. The van der Waals surface area contributed by atoms with Crippen LogP contribution in [0.5, 0.6) is 0 Å². The summed E-state index contributed by atoms with van der Waals surface area (Å²) in [4.78, 5) is 35.7. The lowest BCUT2D eigenvalue weighted by atomic mass is 9.73. The Hall–Kier alpha value is -4.99. The van der Waals surface area contributed by atoms with E-state index in [0.29, 0.717) is 42.9 Å². The molecule has 2 fully saturated rings. The summed E-state index contributed by atoms with van der Waals surface area (Å²) in [6, 6.07) is 22.4. The number of aliphatic hydroxyl groups is 2. The molecule has 388 valence electrons. The summed E-state index contributed by atoms with van der Waals surface area (Å²) in [5.41, 5.74) is 4.56. The molecule has 6 rings (SSSR count). The van der Waals surface area contributed by atoms with Crippen LogP contribution in [-0.2, 0) is 49.1 Å². The first-order valence-corrected chi connectivity index (χ1v) is 25.0. The minimum Gasteiger partial charge on any atom is -0.390 e. The van der Waals surface area contributed by atoms with Gasteiger partial charge in [-0.2, -0.15) is 0 Å². The van der Waals surface area contributed by atoms with Gasteiger partial charge in [0.15, 0.2) is 0 Å². The molecule has 4 aromatic carbocycles. The highest BCUT2D eigenvalue weighted by molar-refractivity contribution is 5.79. The molecule has 71 heavy (non-hydrogen) atoms. The molecule has 0 aromatic heterocycles. The molecular weight excluding hydrogens is 911 g/mol. The number of ketones is 1. The fourth-order valence-corrected chi connectivity index (χ4v) is 10.00. The van der Waals surface area contributed by atoms with Crippen LogP contribution in [0.4, 0.5) is 17.6 Å². The van der Waals surface area contributed by atoms with Crippen molar-refractivity contribution in [2.45, 2.75) is 172 Å². The van der Waals surface area contributed by atoms with E-state index in [9.17, 15) is 42.2 Å². The first-order chi connectivity index (χ1) is 33.3. The molecule has 2 amide bonds. The number of benzene rings is 4. The zero-order chi connectivity index (χ0) is 52.3. The maximum atomic E-state index is 13.7. The molecule has 14 heteroatoms. The number of rotatable bonds is 17. The van der Waals surface area contributed by atoms with Crippen molar-refractivity contribution < 1.29 is 42.2 Å². The van der Waals surface area contributed by atoms with E-state index in [-0.39, 0.29) is 59.9 Å². The lowest BCUT2D eigenvalue weighted by Crippen LogP contribution is -2.54. The van der Waals surface area contributed by atoms with Crippen LogP contribution >= 0.6 is 0 Å². The van der Waals surface area contributed by atoms with Crippen LogP contribution in [0.2, 0.25) is 0 Å². The Morgan fingerprint density at radius 3 is 1.31 bits per heavy atom. The fourth-order valence-electron chi connectivity index (χ4n) is 10.00. The zero-order valence-electron chi connectivity index (χ0n) is 43.1. The second-order valence-electron chi connectivity index (χ2n) is 21.9. The summed E-state index contributed by atoms with van der Waals surface area (Å²) in [7, 11) is 1.99. The quantitative estimate of drug-likeness (QED) is 0.0520. The molecule has 0 heterocycles. The molecule has 2 aliphatic rings. The number of amides is 2. The summed E-state index contributed by atoms with van der Waals surface area (Å²) in [5, 5.41) is 38.2. The topological polar surface area (TPSA) is 152 Å². The number of Topliss-reactive ketones (excluding diaryl/α,β-unsaturated/α-hetero) is 1. The molecule has 0 saturated heterocycles. The van der Waals surface area contributed by atoms with Gasteiger partial charge >= 0.3 is 0 Å². The van der Waals surface area contributed by atoms with Gasteiger partial charge in [-0.1, -0.05) is 90.1 Å². The third kappa shape index (κ3) is 16.5. The van der Waals surface area contributed by atoms with Crippen LogP contribution in [0.15, 0.2) is 84.9 Å². The van der Waals surface area contributed by atoms with Crippen molar-refractivity contribution in [1.82, 2.24) is 26.6 Å². The van der Waals surface area contributed by atoms with Crippen LogP contribution in [0.25, 0.3) is 0 Å². The molecule has 0 bridgehead atoms. The lowest BCUT2D eigenvalue weighted by Gasteiger charge is -2.43. The van der Waals surface area contributed by atoms with E-state index in [1.807, 2.05) is 19.2 Å². The molecule has 0 aliphatic heterocycles. The van der Waals surface area contributed by atoms with Crippen molar-refractivity contribution in [1.29, 1.82) is 0 Å². The Morgan fingerprint density at radius 1 is 0.606 bits per heavy atom. The lowest BCUT2D eigenvalue weighted by molar-refractivity contribution is -0.122. The van der Waals surface area contributed by atoms with Crippen molar-refractivity contribution >= 4 is 17.6 Å². The number of carbonyl (C=O) groups excluding carboxylic acids is 3. The van der Waals surface area contributed by atoms with Gasteiger partial charge in [0.2, 0.25) is 11.8 Å². The van der Waals surface area contributed by atoms with E-state index in [2.05, 4.69) is 105 Å². The van der Waals surface area contributed by atoms with Crippen LogP contribution in [-0.4, -0.2) is 78.3 Å².